The third-order valence-corrected chi connectivity index (χ3v) is 11.8. The van der Waals surface area contributed by atoms with Crippen LogP contribution in [0.15, 0.2) is 243 Å². The lowest BCUT2D eigenvalue weighted by atomic mass is 9.92. The predicted molar refractivity (Wildman–Crippen MR) is 255 cm³/mol. The average Bonchev–Trinajstić information content (AvgIpc) is 3.66. The summed E-state index contributed by atoms with van der Waals surface area (Å²) in [5.74, 6) is 0. The molecule has 11 rings (SSSR count). The predicted octanol–water partition coefficient (Wildman–Crippen LogP) is 16.1. The molecule has 0 amide bonds. The minimum Gasteiger partial charge on any atom is -0.310 e. The van der Waals surface area contributed by atoms with Gasteiger partial charge in [0.1, 0.15) is 0 Å². The van der Waals surface area contributed by atoms with Gasteiger partial charge in [0.25, 0.3) is 0 Å². The summed E-state index contributed by atoms with van der Waals surface area (Å²) in [6, 6.07) is 88.0. The number of fused-ring (bicyclic) bond motifs is 4. The van der Waals surface area contributed by atoms with Crippen molar-refractivity contribution >= 4 is 49.6 Å². The Bertz CT molecular complexity index is 3190. The van der Waals surface area contributed by atoms with Crippen molar-refractivity contribution in [1.82, 2.24) is 4.57 Å². The molecule has 0 spiro atoms. The Morgan fingerprint density at radius 2 is 0.767 bits per heavy atom. The van der Waals surface area contributed by atoms with Crippen LogP contribution >= 0.6 is 0 Å². The lowest BCUT2D eigenvalue weighted by Crippen LogP contribution is -2.10. The molecule has 1 heterocycles. The van der Waals surface area contributed by atoms with Crippen LogP contribution in [0.3, 0.4) is 0 Å². The highest BCUT2D eigenvalue weighted by Crippen LogP contribution is 2.42. The Morgan fingerprint density at radius 3 is 1.42 bits per heavy atom. The lowest BCUT2D eigenvalue weighted by molar-refractivity contribution is 1.18. The number of hydrogen-bond donors (Lipinski definition) is 0. The maximum Gasteiger partial charge on any atom is 0.0561 e. The molecule has 0 saturated carbocycles. The van der Waals surface area contributed by atoms with Gasteiger partial charge in [0, 0.05) is 33.5 Å². The minimum atomic E-state index is 1.09. The van der Waals surface area contributed by atoms with Crippen molar-refractivity contribution in [2.75, 3.05) is 4.90 Å². The van der Waals surface area contributed by atoms with Crippen LogP contribution < -0.4 is 4.90 Å². The van der Waals surface area contributed by atoms with Gasteiger partial charge in [0.15, 0.2) is 0 Å². The zero-order valence-corrected chi connectivity index (χ0v) is 33.0. The van der Waals surface area contributed by atoms with E-state index in [-0.39, 0.29) is 0 Å². The minimum absolute atomic E-state index is 1.09. The van der Waals surface area contributed by atoms with Crippen LogP contribution in [0.1, 0.15) is 0 Å². The third-order valence-electron chi connectivity index (χ3n) is 11.8. The normalized spacial score (nSPS) is 11.3. The zero-order chi connectivity index (χ0) is 39.8. The molecule has 0 aliphatic rings. The molecule has 0 saturated heterocycles. The van der Waals surface area contributed by atoms with Gasteiger partial charge in [-0.3, -0.25) is 0 Å². The number of hydrogen-bond acceptors (Lipinski definition) is 1. The standard InChI is InChI=1S/C58H40N2/c1-4-14-41(15-5-1)44-26-30-49(31-27-44)59(50-32-28-45(29-33-50)42-16-6-2-7-17-42)52-35-37-55-54-22-12-13-23-57(54)60(58(55)40-52)51-34-36-53(46-19-8-3-9-20-46)56(39-51)48-25-24-43-18-10-11-21-47(43)38-48/h1-40H. The number of aromatic nitrogens is 1. The highest BCUT2D eigenvalue weighted by molar-refractivity contribution is 6.10. The van der Waals surface area contributed by atoms with E-state index in [1.807, 2.05) is 0 Å². The first-order valence-corrected chi connectivity index (χ1v) is 20.6. The Morgan fingerprint density at radius 1 is 0.267 bits per heavy atom. The monoisotopic (exact) mass is 764 g/mol. The van der Waals surface area contributed by atoms with E-state index in [1.165, 1.54) is 71.6 Å². The quantitative estimate of drug-likeness (QED) is 0.150. The Kier molecular flexibility index (Phi) is 8.87. The summed E-state index contributed by atoms with van der Waals surface area (Å²) in [7, 11) is 0. The summed E-state index contributed by atoms with van der Waals surface area (Å²) in [6.45, 7) is 0. The van der Waals surface area contributed by atoms with Gasteiger partial charge in [0.05, 0.1) is 11.0 Å². The van der Waals surface area contributed by atoms with Gasteiger partial charge < -0.3 is 9.47 Å². The van der Waals surface area contributed by atoms with E-state index in [2.05, 4.69) is 252 Å². The number of benzene rings is 10. The van der Waals surface area contributed by atoms with E-state index in [9.17, 15) is 0 Å². The molecule has 0 fully saturated rings. The van der Waals surface area contributed by atoms with E-state index < -0.39 is 0 Å². The number of nitrogens with zero attached hydrogens (tertiary/aromatic N) is 2. The number of rotatable bonds is 8. The molecule has 0 radical (unpaired) electrons. The van der Waals surface area contributed by atoms with Crippen molar-refractivity contribution in [3.63, 3.8) is 0 Å². The first-order valence-electron chi connectivity index (χ1n) is 20.6. The molecule has 0 aliphatic carbocycles. The van der Waals surface area contributed by atoms with Crippen LogP contribution in [-0.2, 0) is 0 Å². The fourth-order valence-electron chi connectivity index (χ4n) is 8.83. The average molecular weight is 765 g/mol. The second-order valence-corrected chi connectivity index (χ2v) is 15.4. The summed E-state index contributed by atoms with van der Waals surface area (Å²) in [5, 5.41) is 4.91. The van der Waals surface area contributed by atoms with E-state index in [0.717, 1.165) is 28.3 Å². The number of para-hydroxylation sites is 1. The van der Waals surface area contributed by atoms with Gasteiger partial charge in [-0.05, 0) is 116 Å². The van der Waals surface area contributed by atoms with Crippen LogP contribution in [0.25, 0.3) is 82.8 Å². The summed E-state index contributed by atoms with van der Waals surface area (Å²) < 4.78 is 2.45. The molecule has 0 unspecified atom stereocenters. The Hall–Kier alpha value is -7.94. The van der Waals surface area contributed by atoms with Gasteiger partial charge >= 0.3 is 0 Å². The molecule has 0 atom stereocenters. The van der Waals surface area contributed by atoms with Gasteiger partial charge in [-0.1, -0.05) is 182 Å². The number of anilines is 3. The van der Waals surface area contributed by atoms with Gasteiger partial charge in [0.2, 0.25) is 0 Å². The molecule has 11 aromatic rings. The van der Waals surface area contributed by atoms with Crippen molar-refractivity contribution in [2.45, 2.75) is 0 Å². The fraction of sp³-hybridized carbons (Fsp3) is 0. The lowest BCUT2D eigenvalue weighted by Gasteiger charge is -2.26. The smallest absolute Gasteiger partial charge is 0.0561 e. The highest BCUT2D eigenvalue weighted by Gasteiger charge is 2.19. The molecule has 60 heavy (non-hydrogen) atoms. The van der Waals surface area contributed by atoms with E-state index in [0.29, 0.717) is 0 Å². The van der Waals surface area contributed by atoms with E-state index in [4.69, 9.17) is 0 Å². The van der Waals surface area contributed by atoms with Gasteiger partial charge in [-0.25, -0.2) is 0 Å². The van der Waals surface area contributed by atoms with Crippen LogP contribution in [0.2, 0.25) is 0 Å². The van der Waals surface area contributed by atoms with Crippen LogP contribution in [0.4, 0.5) is 17.1 Å². The molecule has 282 valence electrons. The van der Waals surface area contributed by atoms with Crippen LogP contribution in [-0.4, -0.2) is 4.57 Å². The molecule has 0 aliphatic heterocycles. The maximum atomic E-state index is 2.45. The van der Waals surface area contributed by atoms with Crippen molar-refractivity contribution < 1.29 is 0 Å². The molecular weight excluding hydrogens is 725 g/mol. The molecule has 0 N–H and O–H groups in total. The van der Waals surface area contributed by atoms with Gasteiger partial charge in [-0.15, -0.1) is 0 Å². The highest BCUT2D eigenvalue weighted by atomic mass is 15.1. The second-order valence-electron chi connectivity index (χ2n) is 15.4. The SMILES string of the molecule is c1ccc(-c2ccc(N(c3ccc(-c4ccccc4)cc3)c3ccc4c5ccccc5n(-c5ccc(-c6ccccc6)c(-c6ccc7ccccc7c6)c5)c4c3)cc2)cc1. The van der Waals surface area contributed by atoms with Crippen molar-refractivity contribution in [1.29, 1.82) is 0 Å². The van der Waals surface area contributed by atoms with Crippen molar-refractivity contribution in [2.24, 2.45) is 0 Å². The fourth-order valence-corrected chi connectivity index (χ4v) is 8.83. The van der Waals surface area contributed by atoms with Gasteiger partial charge in [-0.2, -0.15) is 0 Å². The largest absolute Gasteiger partial charge is 0.310 e. The van der Waals surface area contributed by atoms with E-state index >= 15 is 0 Å². The molecule has 2 nitrogen and oxygen atoms in total. The van der Waals surface area contributed by atoms with Crippen molar-refractivity contribution in [3.05, 3.63) is 243 Å². The Labute approximate surface area is 350 Å². The first-order chi connectivity index (χ1) is 29.7. The van der Waals surface area contributed by atoms with Crippen LogP contribution in [0, 0.1) is 0 Å². The molecule has 1 aromatic heterocycles. The maximum absolute atomic E-state index is 2.45. The topological polar surface area (TPSA) is 8.17 Å². The summed E-state index contributed by atoms with van der Waals surface area (Å²) in [4.78, 5) is 2.38. The van der Waals surface area contributed by atoms with Crippen molar-refractivity contribution in [3.8, 4) is 50.2 Å². The Balaban J connectivity index is 1.10. The third kappa shape index (κ3) is 6.41. The first kappa shape index (κ1) is 35.2. The molecule has 0 bridgehead atoms. The zero-order valence-electron chi connectivity index (χ0n) is 33.0. The summed E-state index contributed by atoms with van der Waals surface area (Å²) in [5.41, 5.74) is 16.3. The summed E-state index contributed by atoms with van der Waals surface area (Å²) in [6.07, 6.45) is 0. The summed E-state index contributed by atoms with van der Waals surface area (Å²) >= 11 is 0. The molecule has 10 aromatic carbocycles. The van der Waals surface area contributed by atoms with E-state index in [1.54, 1.807) is 0 Å². The van der Waals surface area contributed by atoms with Crippen LogP contribution in [0.5, 0.6) is 0 Å². The molecular formula is C58H40N2. The molecule has 2 heteroatoms. The second kappa shape index (κ2) is 15.1.